The zero-order valence-electron chi connectivity index (χ0n) is 10.1. The number of hydrogen-bond donors (Lipinski definition) is 0. The lowest BCUT2D eigenvalue weighted by molar-refractivity contribution is 0.282. The third-order valence-corrected chi connectivity index (χ3v) is 3.19. The van der Waals surface area contributed by atoms with Crippen molar-refractivity contribution < 1.29 is 4.74 Å². The Morgan fingerprint density at radius 1 is 1.44 bits per heavy atom. The number of halogens is 2. The van der Waals surface area contributed by atoms with Gasteiger partial charge in [-0.2, -0.15) is 5.10 Å². The summed E-state index contributed by atoms with van der Waals surface area (Å²) in [5, 5.41) is 4.73. The third-order valence-electron chi connectivity index (χ3n) is 2.39. The first-order chi connectivity index (χ1) is 8.58. The minimum absolute atomic E-state index is 0.254. The average molecular weight is 331 g/mol. The van der Waals surface area contributed by atoms with Crippen LogP contribution < -0.4 is 4.74 Å². The molecule has 0 aliphatic heterocycles. The molecule has 2 rings (SSSR count). The van der Waals surface area contributed by atoms with Crippen LogP contribution in [0.15, 0.2) is 29.0 Å². The zero-order chi connectivity index (χ0) is 13.1. The van der Waals surface area contributed by atoms with E-state index in [0.29, 0.717) is 17.4 Å². The summed E-state index contributed by atoms with van der Waals surface area (Å²) in [6.45, 7) is 4.43. The molecule has 0 spiro atoms. The van der Waals surface area contributed by atoms with Gasteiger partial charge in [0.05, 0.1) is 5.02 Å². The summed E-state index contributed by atoms with van der Waals surface area (Å²) in [5.41, 5.74) is 0. The molecule has 0 aliphatic rings. The summed E-state index contributed by atoms with van der Waals surface area (Å²) < 4.78 is 8.42. The van der Waals surface area contributed by atoms with Crippen molar-refractivity contribution >= 4 is 27.5 Å². The Bertz CT molecular complexity index is 542. The molecule has 0 unspecified atom stereocenters. The van der Waals surface area contributed by atoms with E-state index < -0.39 is 0 Å². The Hall–Kier alpha value is -1.07. The van der Waals surface area contributed by atoms with Gasteiger partial charge < -0.3 is 4.74 Å². The van der Waals surface area contributed by atoms with E-state index in [0.717, 1.165) is 10.3 Å². The smallest absolute Gasteiger partial charge is 0.165 e. The van der Waals surface area contributed by atoms with Crippen LogP contribution in [-0.4, -0.2) is 14.8 Å². The molecule has 0 saturated carbocycles. The van der Waals surface area contributed by atoms with Crippen LogP contribution in [0.2, 0.25) is 5.02 Å². The Morgan fingerprint density at radius 3 is 2.94 bits per heavy atom. The lowest BCUT2D eigenvalue weighted by atomic mass is 10.3. The molecule has 6 heteroatoms. The molecule has 4 nitrogen and oxygen atoms in total. The van der Waals surface area contributed by atoms with Crippen LogP contribution in [-0.2, 0) is 6.61 Å². The first kappa shape index (κ1) is 13.4. The lowest BCUT2D eigenvalue weighted by Crippen LogP contribution is -2.10. The van der Waals surface area contributed by atoms with Crippen molar-refractivity contribution in [3.8, 4) is 5.75 Å². The fourth-order valence-electron chi connectivity index (χ4n) is 1.54. The summed E-state index contributed by atoms with van der Waals surface area (Å²) >= 11 is 9.43. The number of ether oxygens (including phenoxy) is 1. The molecule has 0 saturated heterocycles. The Kier molecular flexibility index (Phi) is 4.24. The second-order valence-corrected chi connectivity index (χ2v) is 5.40. The molecule has 18 heavy (non-hydrogen) atoms. The Balaban J connectivity index is 2.11. The van der Waals surface area contributed by atoms with Crippen molar-refractivity contribution in [1.82, 2.24) is 14.8 Å². The van der Waals surface area contributed by atoms with E-state index in [4.69, 9.17) is 16.3 Å². The summed E-state index contributed by atoms with van der Waals surface area (Å²) in [6, 6.07) is 5.74. The van der Waals surface area contributed by atoms with Crippen molar-refractivity contribution in [3.63, 3.8) is 0 Å². The average Bonchev–Trinajstić information content (AvgIpc) is 2.79. The summed E-state index contributed by atoms with van der Waals surface area (Å²) in [7, 11) is 0. The third kappa shape index (κ3) is 3.03. The van der Waals surface area contributed by atoms with Crippen LogP contribution in [0.5, 0.6) is 5.75 Å². The van der Waals surface area contributed by atoms with Gasteiger partial charge >= 0.3 is 0 Å². The van der Waals surface area contributed by atoms with Gasteiger partial charge in [-0.15, -0.1) is 0 Å². The largest absolute Gasteiger partial charge is 0.484 e. The van der Waals surface area contributed by atoms with Crippen molar-refractivity contribution in [2.75, 3.05) is 0 Å². The maximum Gasteiger partial charge on any atom is 0.165 e. The van der Waals surface area contributed by atoms with Gasteiger partial charge in [-0.05, 0) is 32.0 Å². The van der Waals surface area contributed by atoms with E-state index in [2.05, 4.69) is 26.0 Å². The first-order valence-corrected chi connectivity index (χ1v) is 6.71. The van der Waals surface area contributed by atoms with Gasteiger partial charge in [0.15, 0.2) is 5.82 Å². The van der Waals surface area contributed by atoms with E-state index in [1.165, 1.54) is 6.33 Å². The SMILES string of the molecule is CC(C)n1ncnc1COc1cc(Br)ccc1Cl. The van der Waals surface area contributed by atoms with Crippen LogP contribution in [0.3, 0.4) is 0 Å². The van der Waals surface area contributed by atoms with Crippen molar-refractivity contribution in [1.29, 1.82) is 0 Å². The topological polar surface area (TPSA) is 39.9 Å². The highest BCUT2D eigenvalue weighted by molar-refractivity contribution is 9.10. The van der Waals surface area contributed by atoms with E-state index in [1.54, 1.807) is 6.07 Å². The van der Waals surface area contributed by atoms with Gasteiger partial charge in [0.2, 0.25) is 0 Å². The van der Waals surface area contributed by atoms with Crippen molar-refractivity contribution in [2.24, 2.45) is 0 Å². The summed E-state index contributed by atoms with van der Waals surface area (Å²) in [6.07, 6.45) is 1.53. The lowest BCUT2D eigenvalue weighted by Gasteiger charge is -2.11. The molecule has 0 bridgehead atoms. The van der Waals surface area contributed by atoms with Crippen LogP contribution in [0.25, 0.3) is 0 Å². The van der Waals surface area contributed by atoms with Gasteiger partial charge in [-0.3, -0.25) is 0 Å². The summed E-state index contributed by atoms with van der Waals surface area (Å²) in [4.78, 5) is 4.18. The molecule has 0 amide bonds. The number of benzene rings is 1. The Labute approximate surface area is 119 Å². The minimum Gasteiger partial charge on any atom is -0.484 e. The maximum absolute atomic E-state index is 6.05. The highest BCUT2D eigenvalue weighted by Crippen LogP contribution is 2.28. The molecular formula is C12H13BrClN3O. The number of aromatic nitrogens is 3. The predicted octanol–water partition coefficient (Wildman–Crippen LogP) is 3.85. The molecule has 1 heterocycles. The molecule has 0 aliphatic carbocycles. The van der Waals surface area contributed by atoms with Gasteiger partial charge in [-0.1, -0.05) is 27.5 Å². The maximum atomic E-state index is 6.05. The molecule has 0 N–H and O–H groups in total. The van der Waals surface area contributed by atoms with Crippen molar-refractivity contribution in [2.45, 2.75) is 26.5 Å². The van der Waals surface area contributed by atoms with Crippen LogP contribution in [0.4, 0.5) is 0 Å². The molecule has 2 aromatic rings. The second-order valence-electron chi connectivity index (χ2n) is 4.08. The molecule has 1 aromatic carbocycles. The van der Waals surface area contributed by atoms with Crippen LogP contribution in [0.1, 0.15) is 25.7 Å². The van der Waals surface area contributed by atoms with Gasteiger partial charge in [0.1, 0.15) is 18.7 Å². The first-order valence-electron chi connectivity index (χ1n) is 5.54. The molecule has 1 aromatic heterocycles. The van der Waals surface area contributed by atoms with E-state index >= 15 is 0 Å². The van der Waals surface area contributed by atoms with E-state index in [1.807, 2.05) is 30.7 Å². The van der Waals surface area contributed by atoms with Crippen molar-refractivity contribution in [3.05, 3.63) is 39.8 Å². The summed E-state index contributed by atoms with van der Waals surface area (Å²) in [5.74, 6) is 1.41. The molecule has 0 atom stereocenters. The second kappa shape index (κ2) is 5.71. The predicted molar refractivity (Wildman–Crippen MR) is 73.9 cm³/mol. The quantitative estimate of drug-likeness (QED) is 0.855. The number of rotatable bonds is 4. The van der Waals surface area contributed by atoms with Gasteiger partial charge in [-0.25, -0.2) is 9.67 Å². The highest BCUT2D eigenvalue weighted by Gasteiger charge is 2.09. The van der Waals surface area contributed by atoms with Crippen LogP contribution in [0, 0.1) is 0 Å². The molecule has 0 fully saturated rings. The monoisotopic (exact) mass is 329 g/mol. The number of nitrogens with zero attached hydrogens (tertiary/aromatic N) is 3. The minimum atomic E-state index is 0.254. The normalized spacial score (nSPS) is 10.9. The van der Waals surface area contributed by atoms with Gasteiger partial charge in [0, 0.05) is 10.5 Å². The van der Waals surface area contributed by atoms with Gasteiger partial charge in [0.25, 0.3) is 0 Å². The fraction of sp³-hybridized carbons (Fsp3) is 0.333. The Morgan fingerprint density at radius 2 is 2.22 bits per heavy atom. The zero-order valence-corrected chi connectivity index (χ0v) is 12.4. The number of hydrogen-bond acceptors (Lipinski definition) is 3. The molecular weight excluding hydrogens is 318 g/mol. The molecule has 0 radical (unpaired) electrons. The highest BCUT2D eigenvalue weighted by atomic mass is 79.9. The fourth-order valence-corrected chi connectivity index (χ4v) is 2.05. The van der Waals surface area contributed by atoms with Crippen LogP contribution >= 0.6 is 27.5 Å². The van der Waals surface area contributed by atoms with E-state index in [-0.39, 0.29) is 6.04 Å². The van der Waals surface area contributed by atoms with E-state index in [9.17, 15) is 0 Å². The standard InChI is InChI=1S/C12H13BrClN3O/c1-8(2)17-12(15-7-16-17)6-18-11-5-9(13)3-4-10(11)14/h3-5,7-8H,6H2,1-2H3. The molecule has 96 valence electrons.